The predicted octanol–water partition coefficient (Wildman–Crippen LogP) is 3.56. The van der Waals surface area contributed by atoms with Crippen molar-refractivity contribution in [2.45, 2.75) is 32.6 Å². The second-order valence-corrected chi connectivity index (χ2v) is 5.55. The molecule has 1 atom stereocenters. The van der Waals surface area contributed by atoms with Crippen LogP contribution in [0.2, 0.25) is 0 Å². The van der Waals surface area contributed by atoms with Crippen molar-refractivity contribution in [3.63, 3.8) is 0 Å². The molecule has 1 unspecified atom stereocenters. The Morgan fingerprint density at radius 2 is 2.06 bits per heavy atom. The van der Waals surface area contributed by atoms with Crippen molar-refractivity contribution in [1.29, 1.82) is 0 Å². The maximum absolute atomic E-state index is 13.2. The van der Waals surface area contributed by atoms with Gasteiger partial charge in [0.1, 0.15) is 5.82 Å². The van der Waals surface area contributed by atoms with E-state index in [4.69, 9.17) is 0 Å². The van der Waals surface area contributed by atoms with Gasteiger partial charge >= 0.3 is 0 Å². The quantitative estimate of drug-likeness (QED) is 0.795. The van der Waals surface area contributed by atoms with E-state index in [2.05, 4.69) is 25.2 Å². The fourth-order valence-electron chi connectivity index (χ4n) is 2.32. The summed E-state index contributed by atoms with van der Waals surface area (Å²) in [4.78, 5) is 0. The summed E-state index contributed by atoms with van der Waals surface area (Å²) in [6, 6.07) is 7.10. The molecule has 1 aromatic carbocycles. The molecule has 17 heavy (non-hydrogen) atoms. The van der Waals surface area contributed by atoms with Crippen LogP contribution < -0.4 is 5.32 Å². The van der Waals surface area contributed by atoms with E-state index in [1.165, 1.54) is 18.9 Å². The molecule has 0 amide bonds. The summed E-state index contributed by atoms with van der Waals surface area (Å²) in [6.07, 6.45) is 2.59. The standard InChI is InChI=1S/C15H22FN/c1-11(2)9-17-10-15(12-6-7-12)13-4-3-5-14(16)8-13/h3-5,8,11-12,15,17H,6-7,9-10H2,1-2H3. The first kappa shape index (κ1) is 12.6. The lowest BCUT2D eigenvalue weighted by molar-refractivity contribution is 0.489. The topological polar surface area (TPSA) is 12.0 Å². The van der Waals surface area contributed by atoms with E-state index in [0.29, 0.717) is 11.8 Å². The summed E-state index contributed by atoms with van der Waals surface area (Å²) in [7, 11) is 0. The van der Waals surface area contributed by atoms with E-state index in [0.717, 1.165) is 24.6 Å². The monoisotopic (exact) mass is 235 g/mol. The number of rotatable bonds is 6. The maximum atomic E-state index is 13.2. The van der Waals surface area contributed by atoms with Crippen LogP contribution in [0.1, 0.15) is 38.2 Å². The van der Waals surface area contributed by atoms with E-state index in [-0.39, 0.29) is 5.82 Å². The van der Waals surface area contributed by atoms with Crippen molar-refractivity contribution in [3.8, 4) is 0 Å². The second-order valence-electron chi connectivity index (χ2n) is 5.55. The first-order chi connectivity index (χ1) is 8.16. The molecule has 1 fully saturated rings. The molecule has 94 valence electrons. The maximum Gasteiger partial charge on any atom is 0.123 e. The molecule has 0 aromatic heterocycles. The minimum absolute atomic E-state index is 0.114. The van der Waals surface area contributed by atoms with Gasteiger partial charge in [-0.25, -0.2) is 4.39 Å². The van der Waals surface area contributed by atoms with E-state index >= 15 is 0 Å². The van der Waals surface area contributed by atoms with Crippen LogP contribution in [0.4, 0.5) is 4.39 Å². The minimum Gasteiger partial charge on any atom is -0.316 e. The van der Waals surface area contributed by atoms with Crippen molar-refractivity contribution >= 4 is 0 Å². The largest absolute Gasteiger partial charge is 0.316 e. The van der Waals surface area contributed by atoms with Crippen molar-refractivity contribution in [1.82, 2.24) is 5.32 Å². The summed E-state index contributed by atoms with van der Waals surface area (Å²) in [5, 5.41) is 3.50. The van der Waals surface area contributed by atoms with Gasteiger partial charge in [-0.1, -0.05) is 26.0 Å². The van der Waals surface area contributed by atoms with Gasteiger partial charge < -0.3 is 5.32 Å². The highest BCUT2D eigenvalue weighted by molar-refractivity contribution is 5.23. The Hall–Kier alpha value is -0.890. The van der Waals surface area contributed by atoms with Crippen LogP contribution in [-0.2, 0) is 0 Å². The Morgan fingerprint density at radius 1 is 1.29 bits per heavy atom. The molecule has 2 rings (SSSR count). The SMILES string of the molecule is CC(C)CNCC(c1cccc(F)c1)C1CC1. The van der Waals surface area contributed by atoms with Crippen LogP contribution >= 0.6 is 0 Å². The van der Waals surface area contributed by atoms with Crippen LogP contribution in [-0.4, -0.2) is 13.1 Å². The molecule has 1 aromatic rings. The highest BCUT2D eigenvalue weighted by atomic mass is 19.1. The third kappa shape index (κ3) is 3.81. The lowest BCUT2D eigenvalue weighted by atomic mass is 9.94. The molecular weight excluding hydrogens is 213 g/mol. The van der Waals surface area contributed by atoms with Crippen molar-refractivity contribution in [3.05, 3.63) is 35.6 Å². The third-order valence-corrected chi connectivity index (χ3v) is 3.38. The Morgan fingerprint density at radius 3 is 2.65 bits per heavy atom. The molecule has 0 radical (unpaired) electrons. The molecule has 1 aliphatic rings. The molecule has 1 N–H and O–H groups in total. The molecule has 0 spiro atoms. The van der Waals surface area contributed by atoms with Gasteiger partial charge in [-0.15, -0.1) is 0 Å². The van der Waals surface area contributed by atoms with Crippen molar-refractivity contribution in [2.24, 2.45) is 11.8 Å². The van der Waals surface area contributed by atoms with Gasteiger partial charge in [0, 0.05) is 6.54 Å². The fraction of sp³-hybridized carbons (Fsp3) is 0.600. The van der Waals surface area contributed by atoms with Gasteiger partial charge in [-0.05, 0) is 54.8 Å². The highest BCUT2D eigenvalue weighted by Gasteiger charge is 2.31. The molecule has 0 bridgehead atoms. The lowest BCUT2D eigenvalue weighted by Crippen LogP contribution is -2.26. The van der Waals surface area contributed by atoms with Gasteiger partial charge in [0.05, 0.1) is 0 Å². The smallest absolute Gasteiger partial charge is 0.123 e. The average molecular weight is 235 g/mol. The molecule has 2 heteroatoms. The number of nitrogens with one attached hydrogen (secondary N) is 1. The second kappa shape index (κ2) is 5.63. The van der Waals surface area contributed by atoms with Crippen LogP contribution in [0, 0.1) is 17.7 Å². The molecule has 0 saturated heterocycles. The van der Waals surface area contributed by atoms with E-state index < -0.39 is 0 Å². The Bertz CT molecular complexity index is 358. The number of halogens is 1. The van der Waals surface area contributed by atoms with Crippen molar-refractivity contribution < 1.29 is 4.39 Å². The van der Waals surface area contributed by atoms with E-state index in [9.17, 15) is 4.39 Å². The number of hydrogen-bond acceptors (Lipinski definition) is 1. The van der Waals surface area contributed by atoms with Crippen LogP contribution in [0.25, 0.3) is 0 Å². The molecular formula is C15H22FN. The Balaban J connectivity index is 1.97. The first-order valence-electron chi connectivity index (χ1n) is 6.63. The predicted molar refractivity (Wildman–Crippen MR) is 69.6 cm³/mol. The number of benzene rings is 1. The average Bonchev–Trinajstić information content (AvgIpc) is 3.08. The normalized spacial score (nSPS) is 17.4. The number of hydrogen-bond donors (Lipinski definition) is 1. The summed E-state index contributed by atoms with van der Waals surface area (Å²) in [5.41, 5.74) is 1.16. The summed E-state index contributed by atoms with van der Waals surface area (Å²) < 4.78 is 13.2. The van der Waals surface area contributed by atoms with Gasteiger partial charge in [-0.3, -0.25) is 0 Å². The van der Waals surface area contributed by atoms with Crippen LogP contribution in [0.15, 0.2) is 24.3 Å². The van der Waals surface area contributed by atoms with E-state index in [1.54, 1.807) is 6.07 Å². The lowest BCUT2D eigenvalue weighted by Gasteiger charge is -2.18. The molecule has 1 nitrogen and oxygen atoms in total. The zero-order valence-electron chi connectivity index (χ0n) is 10.7. The van der Waals surface area contributed by atoms with Gasteiger partial charge in [0.25, 0.3) is 0 Å². The zero-order valence-corrected chi connectivity index (χ0v) is 10.7. The van der Waals surface area contributed by atoms with E-state index in [1.807, 2.05) is 6.07 Å². The fourth-order valence-corrected chi connectivity index (χ4v) is 2.32. The molecule has 0 aliphatic heterocycles. The van der Waals surface area contributed by atoms with Gasteiger partial charge in [0.15, 0.2) is 0 Å². The van der Waals surface area contributed by atoms with Crippen LogP contribution in [0.5, 0.6) is 0 Å². The molecule has 0 heterocycles. The zero-order chi connectivity index (χ0) is 12.3. The summed E-state index contributed by atoms with van der Waals surface area (Å²) in [5.74, 6) is 1.81. The summed E-state index contributed by atoms with van der Waals surface area (Å²) >= 11 is 0. The first-order valence-corrected chi connectivity index (χ1v) is 6.63. The van der Waals surface area contributed by atoms with Crippen LogP contribution in [0.3, 0.4) is 0 Å². The Labute approximate surface area is 103 Å². The van der Waals surface area contributed by atoms with Crippen molar-refractivity contribution in [2.75, 3.05) is 13.1 Å². The highest BCUT2D eigenvalue weighted by Crippen LogP contribution is 2.42. The third-order valence-electron chi connectivity index (χ3n) is 3.38. The Kier molecular flexibility index (Phi) is 4.16. The molecule has 1 saturated carbocycles. The van der Waals surface area contributed by atoms with Gasteiger partial charge in [0.2, 0.25) is 0 Å². The minimum atomic E-state index is -0.114. The van der Waals surface area contributed by atoms with Gasteiger partial charge in [-0.2, -0.15) is 0 Å². The summed E-state index contributed by atoms with van der Waals surface area (Å²) in [6.45, 7) is 6.44. The molecule has 1 aliphatic carbocycles.